The van der Waals surface area contributed by atoms with Gasteiger partial charge in [0.05, 0.1) is 12.0 Å². The molecule has 0 saturated heterocycles. The normalized spacial score (nSPS) is 10.5. The minimum atomic E-state index is -0.406. The van der Waals surface area contributed by atoms with E-state index in [1.807, 2.05) is 0 Å². The number of anilines is 1. The fraction of sp³-hybridized carbons (Fsp3) is 0.111. The first-order chi connectivity index (χ1) is 12.0. The molecule has 1 aromatic heterocycles. The Morgan fingerprint density at radius 1 is 1.20 bits per heavy atom. The number of rotatable bonds is 4. The van der Waals surface area contributed by atoms with Gasteiger partial charge in [-0.1, -0.05) is 6.07 Å². The van der Waals surface area contributed by atoms with Crippen LogP contribution in [-0.4, -0.2) is 22.6 Å². The molecule has 0 saturated carbocycles. The number of amides is 2. The van der Waals surface area contributed by atoms with Crippen molar-refractivity contribution in [1.29, 1.82) is 0 Å². The maximum absolute atomic E-state index is 14.2. The molecule has 0 aliphatic rings. The third-order valence-corrected chi connectivity index (χ3v) is 3.76. The molecule has 3 aromatic rings. The zero-order chi connectivity index (χ0) is 17.8. The average molecular weight is 342 g/mol. The van der Waals surface area contributed by atoms with Crippen molar-refractivity contribution in [2.24, 2.45) is 0 Å². The Bertz CT molecular complexity index is 863. The maximum atomic E-state index is 14.2. The van der Waals surface area contributed by atoms with Crippen LogP contribution in [0.15, 0.2) is 61.2 Å². The van der Waals surface area contributed by atoms with E-state index in [-0.39, 0.29) is 18.4 Å². The summed E-state index contributed by atoms with van der Waals surface area (Å²) in [5.74, 6) is -0.775. The van der Waals surface area contributed by atoms with Crippen molar-refractivity contribution >= 4 is 11.7 Å². The van der Waals surface area contributed by atoms with Crippen LogP contribution in [0, 0.1) is 11.6 Å². The summed E-state index contributed by atoms with van der Waals surface area (Å²) in [6.07, 6.45) is 4.73. The smallest absolute Gasteiger partial charge is 0.321 e. The van der Waals surface area contributed by atoms with Gasteiger partial charge in [0, 0.05) is 31.7 Å². The molecule has 0 fully saturated rings. The van der Waals surface area contributed by atoms with Gasteiger partial charge in [-0.25, -0.2) is 18.6 Å². The van der Waals surface area contributed by atoms with E-state index in [0.29, 0.717) is 16.9 Å². The number of carbonyl (C=O) groups is 1. The number of hydrogen-bond donors (Lipinski definition) is 1. The van der Waals surface area contributed by atoms with Crippen molar-refractivity contribution in [3.63, 3.8) is 0 Å². The molecular formula is C18H16F2N4O. The summed E-state index contributed by atoms with van der Waals surface area (Å²) < 4.78 is 28.7. The summed E-state index contributed by atoms with van der Waals surface area (Å²) >= 11 is 0. The summed E-state index contributed by atoms with van der Waals surface area (Å²) in [7, 11) is 1.57. The molecule has 1 N–H and O–H groups in total. The third kappa shape index (κ3) is 3.82. The molecule has 1 heterocycles. The predicted octanol–water partition coefficient (Wildman–Crippen LogP) is 3.50. The zero-order valence-electron chi connectivity index (χ0n) is 13.5. The van der Waals surface area contributed by atoms with Gasteiger partial charge in [0.25, 0.3) is 0 Å². The van der Waals surface area contributed by atoms with Gasteiger partial charge in [-0.05, 0) is 42.0 Å². The number of carbonyl (C=O) groups excluding carboxylic acids is 1. The number of imidazole rings is 1. The van der Waals surface area contributed by atoms with Crippen molar-refractivity contribution in [2.45, 2.75) is 6.54 Å². The second-order valence-corrected chi connectivity index (χ2v) is 5.45. The predicted molar refractivity (Wildman–Crippen MR) is 90.6 cm³/mol. The average Bonchev–Trinajstić information content (AvgIpc) is 3.14. The lowest BCUT2D eigenvalue weighted by Gasteiger charge is -2.18. The lowest BCUT2D eigenvalue weighted by Crippen LogP contribution is -2.36. The molecular weight excluding hydrogens is 326 g/mol. The van der Waals surface area contributed by atoms with Gasteiger partial charge in [-0.3, -0.25) is 4.90 Å². The number of nitrogens with zero attached hydrogens (tertiary/aromatic N) is 3. The van der Waals surface area contributed by atoms with E-state index in [4.69, 9.17) is 0 Å². The van der Waals surface area contributed by atoms with Crippen molar-refractivity contribution in [3.8, 4) is 5.69 Å². The van der Waals surface area contributed by atoms with E-state index in [2.05, 4.69) is 10.3 Å². The molecule has 0 unspecified atom stereocenters. The summed E-state index contributed by atoms with van der Waals surface area (Å²) in [5, 5.41) is 2.70. The van der Waals surface area contributed by atoms with Gasteiger partial charge in [0.2, 0.25) is 0 Å². The molecule has 0 spiro atoms. The molecule has 0 aliphatic carbocycles. The highest BCUT2D eigenvalue weighted by Crippen LogP contribution is 2.16. The Morgan fingerprint density at radius 3 is 2.60 bits per heavy atom. The second-order valence-electron chi connectivity index (χ2n) is 5.45. The Morgan fingerprint density at radius 2 is 1.96 bits per heavy atom. The molecule has 0 atom stereocenters. The van der Waals surface area contributed by atoms with Crippen molar-refractivity contribution in [1.82, 2.24) is 14.9 Å². The molecule has 25 heavy (non-hydrogen) atoms. The summed E-state index contributed by atoms with van der Waals surface area (Å²) in [6, 6.07) is 9.94. The number of hydrogen-bond acceptors (Lipinski definition) is 2. The molecule has 7 heteroatoms. The lowest BCUT2D eigenvalue weighted by molar-refractivity contribution is 0.247. The molecule has 0 radical (unpaired) electrons. The topological polar surface area (TPSA) is 50.2 Å². The minimum absolute atomic E-state index is 0.172. The SMILES string of the molecule is CN(C(=O)NCc1ccc(-n2ccnc2)c(F)c1)c1ccc(F)cc1. The van der Waals surface area contributed by atoms with E-state index in [0.717, 1.165) is 0 Å². The van der Waals surface area contributed by atoms with Gasteiger partial charge >= 0.3 is 6.03 Å². The number of nitrogens with one attached hydrogen (secondary N) is 1. The molecule has 2 amide bonds. The largest absolute Gasteiger partial charge is 0.334 e. The maximum Gasteiger partial charge on any atom is 0.321 e. The monoisotopic (exact) mass is 342 g/mol. The highest BCUT2D eigenvalue weighted by atomic mass is 19.1. The fourth-order valence-corrected chi connectivity index (χ4v) is 2.35. The summed E-state index contributed by atoms with van der Waals surface area (Å²) in [4.78, 5) is 17.4. The van der Waals surface area contributed by atoms with Crippen LogP contribution in [0.2, 0.25) is 0 Å². The standard InChI is InChI=1S/C18H16F2N4O/c1-23(15-5-3-14(19)4-6-15)18(25)22-11-13-2-7-17(16(20)10-13)24-9-8-21-12-24/h2-10,12H,11H2,1H3,(H,22,25). The first-order valence-corrected chi connectivity index (χ1v) is 7.58. The quantitative estimate of drug-likeness (QED) is 0.789. The van der Waals surface area contributed by atoms with E-state index in [1.54, 1.807) is 36.1 Å². The third-order valence-electron chi connectivity index (χ3n) is 3.76. The highest BCUT2D eigenvalue weighted by Gasteiger charge is 2.11. The number of urea groups is 1. The molecule has 3 rings (SSSR count). The zero-order valence-corrected chi connectivity index (χ0v) is 13.5. The lowest BCUT2D eigenvalue weighted by atomic mass is 10.2. The first-order valence-electron chi connectivity index (χ1n) is 7.58. The molecule has 0 bridgehead atoms. The number of halogens is 2. The molecule has 0 aliphatic heterocycles. The summed E-state index contributed by atoms with van der Waals surface area (Å²) in [5.41, 5.74) is 1.57. The van der Waals surface area contributed by atoms with Gasteiger partial charge in [0.15, 0.2) is 0 Å². The summed E-state index contributed by atoms with van der Waals surface area (Å²) in [6.45, 7) is 0.172. The van der Waals surface area contributed by atoms with Gasteiger partial charge < -0.3 is 9.88 Å². The van der Waals surface area contributed by atoms with E-state index < -0.39 is 5.82 Å². The second kappa shape index (κ2) is 7.12. The number of aromatic nitrogens is 2. The minimum Gasteiger partial charge on any atom is -0.334 e. The van der Waals surface area contributed by atoms with Crippen molar-refractivity contribution in [3.05, 3.63) is 78.4 Å². The Kier molecular flexibility index (Phi) is 4.74. The fourth-order valence-electron chi connectivity index (χ4n) is 2.35. The molecule has 5 nitrogen and oxygen atoms in total. The van der Waals surface area contributed by atoms with Crippen LogP contribution in [0.4, 0.5) is 19.3 Å². The van der Waals surface area contributed by atoms with Crippen LogP contribution in [0.1, 0.15) is 5.56 Å². The molecule has 2 aromatic carbocycles. The van der Waals surface area contributed by atoms with Crippen LogP contribution in [0.25, 0.3) is 5.69 Å². The Hall–Kier alpha value is -3.22. The van der Waals surface area contributed by atoms with Crippen LogP contribution < -0.4 is 10.2 Å². The van der Waals surface area contributed by atoms with Crippen molar-refractivity contribution < 1.29 is 13.6 Å². The van der Waals surface area contributed by atoms with E-state index >= 15 is 0 Å². The number of benzene rings is 2. The molecule has 128 valence electrons. The van der Waals surface area contributed by atoms with Crippen LogP contribution in [0.3, 0.4) is 0 Å². The Labute approximate surface area is 143 Å². The first kappa shape index (κ1) is 16.6. The van der Waals surface area contributed by atoms with Crippen LogP contribution in [0.5, 0.6) is 0 Å². The van der Waals surface area contributed by atoms with Crippen molar-refractivity contribution in [2.75, 3.05) is 11.9 Å². The van der Waals surface area contributed by atoms with Gasteiger partial charge in [0.1, 0.15) is 11.6 Å². The van der Waals surface area contributed by atoms with Crippen LogP contribution >= 0.6 is 0 Å². The van der Waals surface area contributed by atoms with Gasteiger partial charge in [-0.15, -0.1) is 0 Å². The Balaban J connectivity index is 1.64. The van der Waals surface area contributed by atoms with E-state index in [1.165, 1.54) is 41.6 Å². The highest BCUT2D eigenvalue weighted by molar-refractivity contribution is 5.91. The van der Waals surface area contributed by atoms with Crippen LogP contribution in [-0.2, 0) is 6.54 Å². The van der Waals surface area contributed by atoms with Gasteiger partial charge in [-0.2, -0.15) is 0 Å². The van der Waals surface area contributed by atoms with E-state index in [9.17, 15) is 13.6 Å².